The number of anilines is 1. The van der Waals surface area contributed by atoms with Crippen LogP contribution >= 0.6 is 11.6 Å². The number of para-hydroxylation sites is 1. The van der Waals surface area contributed by atoms with Crippen molar-refractivity contribution in [2.45, 2.75) is 4.90 Å². The molecular formula is C23H23ClN2O6S. The Labute approximate surface area is 197 Å². The van der Waals surface area contributed by atoms with E-state index in [-0.39, 0.29) is 10.6 Å². The van der Waals surface area contributed by atoms with E-state index in [1.54, 1.807) is 24.3 Å². The van der Waals surface area contributed by atoms with Crippen LogP contribution in [0.2, 0.25) is 5.02 Å². The third kappa shape index (κ3) is 5.95. The van der Waals surface area contributed by atoms with Gasteiger partial charge in [-0.1, -0.05) is 29.8 Å². The summed E-state index contributed by atoms with van der Waals surface area (Å²) < 4.78 is 43.0. The van der Waals surface area contributed by atoms with Gasteiger partial charge in [0.15, 0.2) is 17.2 Å². The van der Waals surface area contributed by atoms with Gasteiger partial charge < -0.3 is 19.5 Å². The van der Waals surface area contributed by atoms with Crippen molar-refractivity contribution < 1.29 is 27.4 Å². The summed E-state index contributed by atoms with van der Waals surface area (Å²) >= 11 is 6.08. The molecule has 0 saturated carbocycles. The Morgan fingerprint density at radius 1 is 0.939 bits per heavy atom. The van der Waals surface area contributed by atoms with Crippen LogP contribution in [-0.4, -0.2) is 46.4 Å². The van der Waals surface area contributed by atoms with Gasteiger partial charge >= 0.3 is 0 Å². The summed E-state index contributed by atoms with van der Waals surface area (Å²) in [6, 6.07) is 18.0. The largest absolute Gasteiger partial charge is 0.493 e. The molecule has 0 heterocycles. The lowest BCUT2D eigenvalue weighted by Crippen LogP contribution is -2.35. The molecular weight excluding hydrogens is 468 g/mol. The SMILES string of the molecule is COc1ccc(S(=O)(=O)N(C)CC(=O)Nc2cc(Cl)ccc2Oc2ccccc2)cc1OC. The van der Waals surface area contributed by atoms with Gasteiger partial charge in [-0.05, 0) is 42.5 Å². The topological polar surface area (TPSA) is 94.2 Å². The molecule has 0 saturated heterocycles. The van der Waals surface area contributed by atoms with Gasteiger partial charge in [0.05, 0.1) is 31.3 Å². The van der Waals surface area contributed by atoms with E-state index in [1.807, 2.05) is 18.2 Å². The number of nitrogens with one attached hydrogen (secondary N) is 1. The van der Waals surface area contributed by atoms with Crippen LogP contribution in [-0.2, 0) is 14.8 Å². The number of hydrogen-bond acceptors (Lipinski definition) is 6. The van der Waals surface area contributed by atoms with Crippen molar-refractivity contribution in [3.05, 3.63) is 71.8 Å². The Balaban J connectivity index is 1.76. The normalized spacial score (nSPS) is 11.2. The molecule has 33 heavy (non-hydrogen) atoms. The minimum absolute atomic E-state index is 0.0358. The number of carbonyl (C=O) groups excluding carboxylic acids is 1. The van der Waals surface area contributed by atoms with E-state index in [0.29, 0.717) is 28.0 Å². The zero-order chi connectivity index (χ0) is 24.0. The molecule has 0 aliphatic heterocycles. The predicted octanol–water partition coefficient (Wildman–Crippen LogP) is 4.41. The van der Waals surface area contributed by atoms with Gasteiger partial charge in [-0.15, -0.1) is 0 Å². The van der Waals surface area contributed by atoms with E-state index in [9.17, 15) is 13.2 Å². The number of amides is 1. The average molecular weight is 491 g/mol. The molecule has 1 amide bonds. The molecule has 10 heteroatoms. The quantitative estimate of drug-likeness (QED) is 0.477. The minimum Gasteiger partial charge on any atom is -0.493 e. The molecule has 3 rings (SSSR count). The zero-order valence-electron chi connectivity index (χ0n) is 18.2. The smallest absolute Gasteiger partial charge is 0.243 e. The van der Waals surface area contributed by atoms with Crippen LogP contribution in [0.4, 0.5) is 5.69 Å². The van der Waals surface area contributed by atoms with Gasteiger partial charge in [-0.2, -0.15) is 4.31 Å². The highest BCUT2D eigenvalue weighted by Crippen LogP contribution is 2.33. The fraction of sp³-hybridized carbons (Fsp3) is 0.174. The van der Waals surface area contributed by atoms with Gasteiger partial charge in [-0.3, -0.25) is 4.79 Å². The Bertz CT molecular complexity index is 1230. The highest BCUT2D eigenvalue weighted by molar-refractivity contribution is 7.89. The van der Waals surface area contributed by atoms with Crippen molar-refractivity contribution in [3.63, 3.8) is 0 Å². The van der Waals surface area contributed by atoms with Crippen molar-refractivity contribution in [2.75, 3.05) is 33.1 Å². The highest BCUT2D eigenvalue weighted by Gasteiger charge is 2.25. The molecule has 0 aliphatic carbocycles. The molecule has 0 bridgehead atoms. The van der Waals surface area contributed by atoms with Crippen LogP contribution in [0.5, 0.6) is 23.0 Å². The fourth-order valence-corrected chi connectivity index (χ4v) is 4.25. The number of hydrogen-bond donors (Lipinski definition) is 1. The molecule has 3 aromatic rings. The highest BCUT2D eigenvalue weighted by atomic mass is 35.5. The van der Waals surface area contributed by atoms with E-state index < -0.39 is 22.5 Å². The maximum absolute atomic E-state index is 13.0. The second-order valence-corrected chi connectivity index (χ2v) is 9.36. The molecule has 1 N–H and O–H groups in total. The fourth-order valence-electron chi connectivity index (χ4n) is 2.94. The number of rotatable bonds is 9. The monoisotopic (exact) mass is 490 g/mol. The number of methoxy groups -OCH3 is 2. The van der Waals surface area contributed by atoms with Crippen molar-refractivity contribution in [1.29, 1.82) is 0 Å². The Morgan fingerprint density at radius 3 is 2.27 bits per heavy atom. The average Bonchev–Trinajstić information content (AvgIpc) is 2.80. The first-order chi connectivity index (χ1) is 15.7. The first-order valence-corrected chi connectivity index (χ1v) is 11.6. The predicted molar refractivity (Wildman–Crippen MR) is 126 cm³/mol. The van der Waals surface area contributed by atoms with E-state index in [0.717, 1.165) is 4.31 Å². The van der Waals surface area contributed by atoms with Crippen LogP contribution < -0.4 is 19.5 Å². The second kappa shape index (κ2) is 10.6. The molecule has 0 spiro atoms. The van der Waals surface area contributed by atoms with E-state index in [1.165, 1.54) is 45.5 Å². The van der Waals surface area contributed by atoms with Crippen LogP contribution in [0.3, 0.4) is 0 Å². The van der Waals surface area contributed by atoms with Gasteiger partial charge in [-0.25, -0.2) is 8.42 Å². The maximum Gasteiger partial charge on any atom is 0.243 e. The lowest BCUT2D eigenvalue weighted by atomic mass is 10.2. The molecule has 0 aliphatic rings. The lowest BCUT2D eigenvalue weighted by Gasteiger charge is -2.19. The van der Waals surface area contributed by atoms with Crippen LogP contribution in [0.1, 0.15) is 0 Å². The summed E-state index contributed by atoms with van der Waals surface area (Å²) in [5, 5.41) is 3.05. The van der Waals surface area contributed by atoms with Crippen LogP contribution in [0.25, 0.3) is 0 Å². The van der Waals surface area contributed by atoms with E-state index in [4.69, 9.17) is 25.8 Å². The summed E-state index contributed by atoms with van der Waals surface area (Å²) in [5.74, 6) is 1.02. The Morgan fingerprint density at radius 2 is 1.61 bits per heavy atom. The summed E-state index contributed by atoms with van der Waals surface area (Å²) in [6.45, 7) is -0.437. The third-order valence-electron chi connectivity index (χ3n) is 4.62. The summed E-state index contributed by atoms with van der Waals surface area (Å²) in [5.41, 5.74) is 0.313. The molecule has 0 unspecified atom stereocenters. The number of carbonyl (C=O) groups is 1. The zero-order valence-corrected chi connectivity index (χ0v) is 19.8. The molecule has 0 radical (unpaired) electrons. The van der Waals surface area contributed by atoms with Gasteiger partial charge in [0.1, 0.15) is 5.75 Å². The Kier molecular flexibility index (Phi) is 7.80. The first kappa shape index (κ1) is 24.4. The third-order valence-corrected chi connectivity index (χ3v) is 6.65. The van der Waals surface area contributed by atoms with Crippen molar-refractivity contribution in [1.82, 2.24) is 4.31 Å². The molecule has 174 valence electrons. The van der Waals surface area contributed by atoms with Crippen molar-refractivity contribution in [3.8, 4) is 23.0 Å². The van der Waals surface area contributed by atoms with Crippen molar-refractivity contribution >= 4 is 33.2 Å². The maximum atomic E-state index is 13.0. The van der Waals surface area contributed by atoms with E-state index >= 15 is 0 Å². The molecule has 0 atom stereocenters. The van der Waals surface area contributed by atoms with Gasteiger partial charge in [0, 0.05) is 18.1 Å². The van der Waals surface area contributed by atoms with Crippen LogP contribution in [0.15, 0.2) is 71.6 Å². The second-order valence-electron chi connectivity index (χ2n) is 6.88. The lowest BCUT2D eigenvalue weighted by molar-refractivity contribution is -0.116. The van der Waals surface area contributed by atoms with Crippen LogP contribution in [0, 0.1) is 0 Å². The number of ether oxygens (including phenoxy) is 3. The standard InChI is InChI=1S/C23H23ClN2O6S/c1-26(33(28,29)18-10-12-21(30-2)22(14-18)31-3)15-23(27)25-19-13-16(24)9-11-20(19)32-17-7-5-4-6-8-17/h4-14H,15H2,1-3H3,(H,25,27). The van der Waals surface area contributed by atoms with Crippen molar-refractivity contribution in [2.24, 2.45) is 0 Å². The molecule has 0 aromatic heterocycles. The van der Waals surface area contributed by atoms with E-state index in [2.05, 4.69) is 5.32 Å². The minimum atomic E-state index is -3.97. The number of halogens is 1. The first-order valence-electron chi connectivity index (χ1n) is 9.75. The number of nitrogens with zero attached hydrogens (tertiary/aromatic N) is 1. The molecule has 8 nitrogen and oxygen atoms in total. The molecule has 0 fully saturated rings. The number of sulfonamides is 1. The Hall–Kier alpha value is -3.27. The summed E-state index contributed by atoms with van der Waals surface area (Å²) in [4.78, 5) is 12.6. The van der Waals surface area contributed by atoms with Gasteiger partial charge in [0.2, 0.25) is 15.9 Å². The summed E-state index contributed by atoms with van der Waals surface area (Å²) in [6.07, 6.45) is 0. The number of benzene rings is 3. The number of likely N-dealkylation sites (N-methyl/N-ethyl adjacent to an activating group) is 1. The molecule has 3 aromatic carbocycles. The summed E-state index contributed by atoms with van der Waals surface area (Å²) in [7, 11) is 0.200. The van der Waals surface area contributed by atoms with Gasteiger partial charge in [0.25, 0.3) is 0 Å².